The molecule has 104 valence electrons. The smallest absolute Gasteiger partial charge is 0.229 e. The van der Waals surface area contributed by atoms with Crippen LogP contribution in [0.5, 0.6) is 0 Å². The molecular weight excluding hydrogens is 226 g/mol. The first-order valence-corrected chi connectivity index (χ1v) is 7.34. The maximum atomic E-state index is 12.7. The Kier molecular flexibility index (Phi) is 4.28. The van der Waals surface area contributed by atoms with Gasteiger partial charge in [0.15, 0.2) is 0 Å². The molecule has 18 heavy (non-hydrogen) atoms. The molecule has 4 nitrogen and oxygen atoms in total. The van der Waals surface area contributed by atoms with E-state index >= 15 is 0 Å². The predicted octanol–water partition coefficient (Wildman–Crippen LogP) is 1.06. The van der Waals surface area contributed by atoms with Gasteiger partial charge in [0.25, 0.3) is 0 Å². The highest BCUT2D eigenvalue weighted by Crippen LogP contribution is 2.27. The number of rotatable bonds is 3. The number of amides is 1. The van der Waals surface area contributed by atoms with E-state index in [4.69, 9.17) is 5.73 Å². The third-order valence-electron chi connectivity index (χ3n) is 4.84. The lowest BCUT2D eigenvalue weighted by Gasteiger charge is -2.34. The van der Waals surface area contributed by atoms with Crippen molar-refractivity contribution in [3.05, 3.63) is 0 Å². The largest absolute Gasteiger partial charge is 0.341 e. The van der Waals surface area contributed by atoms with Gasteiger partial charge in [-0.1, -0.05) is 6.92 Å². The molecule has 2 aliphatic heterocycles. The van der Waals surface area contributed by atoms with Gasteiger partial charge in [0.05, 0.1) is 5.41 Å². The van der Waals surface area contributed by atoms with Gasteiger partial charge < -0.3 is 10.6 Å². The van der Waals surface area contributed by atoms with Gasteiger partial charge in [0, 0.05) is 32.2 Å². The highest BCUT2D eigenvalue weighted by molar-refractivity contribution is 5.82. The first-order chi connectivity index (χ1) is 8.60. The summed E-state index contributed by atoms with van der Waals surface area (Å²) in [5.74, 6) is 0.265. The van der Waals surface area contributed by atoms with E-state index in [0.717, 1.165) is 32.5 Å². The van der Waals surface area contributed by atoms with E-state index in [1.807, 2.05) is 6.92 Å². The van der Waals surface area contributed by atoms with E-state index in [0.29, 0.717) is 12.6 Å². The summed E-state index contributed by atoms with van der Waals surface area (Å²) in [6.07, 6.45) is 4.46. The van der Waals surface area contributed by atoms with Crippen molar-refractivity contribution < 1.29 is 4.79 Å². The minimum absolute atomic E-state index is 0.265. The summed E-state index contributed by atoms with van der Waals surface area (Å²) in [6.45, 7) is 8.70. The van der Waals surface area contributed by atoms with Crippen LogP contribution in [0.4, 0.5) is 0 Å². The predicted molar refractivity (Wildman–Crippen MR) is 73.2 cm³/mol. The van der Waals surface area contributed by atoms with Crippen molar-refractivity contribution >= 4 is 5.91 Å². The van der Waals surface area contributed by atoms with Gasteiger partial charge in [-0.2, -0.15) is 0 Å². The first-order valence-electron chi connectivity index (χ1n) is 7.34. The lowest BCUT2D eigenvalue weighted by atomic mass is 9.86. The SMILES string of the molecule is CCC(C)(CN)C(=O)N1CCCN2CCCC2C1. The molecule has 2 saturated heterocycles. The molecule has 2 fully saturated rings. The van der Waals surface area contributed by atoms with Crippen molar-refractivity contribution in [1.82, 2.24) is 9.80 Å². The first kappa shape index (κ1) is 13.8. The molecule has 4 heteroatoms. The Morgan fingerprint density at radius 2 is 2.06 bits per heavy atom. The molecular formula is C14H27N3O. The number of nitrogens with two attached hydrogens (primary N) is 1. The minimum Gasteiger partial charge on any atom is -0.341 e. The van der Waals surface area contributed by atoms with Gasteiger partial charge in [-0.15, -0.1) is 0 Å². The number of carbonyl (C=O) groups is 1. The maximum absolute atomic E-state index is 12.7. The van der Waals surface area contributed by atoms with E-state index in [2.05, 4.69) is 16.7 Å². The summed E-state index contributed by atoms with van der Waals surface area (Å²) in [5.41, 5.74) is 5.45. The summed E-state index contributed by atoms with van der Waals surface area (Å²) in [5, 5.41) is 0. The normalized spacial score (nSPS) is 28.6. The van der Waals surface area contributed by atoms with Crippen molar-refractivity contribution in [2.75, 3.05) is 32.7 Å². The summed E-state index contributed by atoms with van der Waals surface area (Å²) < 4.78 is 0. The topological polar surface area (TPSA) is 49.6 Å². The molecule has 2 unspecified atom stereocenters. The average Bonchev–Trinajstić information content (AvgIpc) is 2.74. The van der Waals surface area contributed by atoms with Crippen molar-refractivity contribution in [3.63, 3.8) is 0 Å². The van der Waals surface area contributed by atoms with Crippen molar-refractivity contribution in [3.8, 4) is 0 Å². The second-order valence-corrected chi connectivity index (χ2v) is 6.06. The molecule has 0 aromatic heterocycles. The lowest BCUT2D eigenvalue weighted by molar-refractivity contribution is -0.141. The molecule has 0 spiro atoms. The number of hydrogen-bond acceptors (Lipinski definition) is 3. The Bertz CT molecular complexity index is 301. The Labute approximate surface area is 110 Å². The molecule has 0 saturated carbocycles. The second-order valence-electron chi connectivity index (χ2n) is 6.06. The van der Waals surface area contributed by atoms with Gasteiger partial charge in [-0.25, -0.2) is 0 Å². The molecule has 2 heterocycles. The van der Waals surface area contributed by atoms with Gasteiger partial charge in [-0.3, -0.25) is 9.69 Å². The summed E-state index contributed by atoms with van der Waals surface area (Å²) in [7, 11) is 0. The molecule has 2 atom stereocenters. The van der Waals surface area contributed by atoms with Gasteiger partial charge in [0.1, 0.15) is 0 Å². The molecule has 0 radical (unpaired) electrons. The quantitative estimate of drug-likeness (QED) is 0.818. The summed E-state index contributed by atoms with van der Waals surface area (Å²) >= 11 is 0. The van der Waals surface area contributed by atoms with Crippen LogP contribution in [0.2, 0.25) is 0 Å². The molecule has 0 aromatic carbocycles. The van der Waals surface area contributed by atoms with Crippen LogP contribution in [0.15, 0.2) is 0 Å². The monoisotopic (exact) mass is 253 g/mol. The summed E-state index contributed by atoms with van der Waals surface area (Å²) in [4.78, 5) is 17.3. The minimum atomic E-state index is -0.367. The third kappa shape index (κ3) is 2.54. The van der Waals surface area contributed by atoms with Crippen LogP contribution in [0, 0.1) is 5.41 Å². The van der Waals surface area contributed by atoms with E-state index < -0.39 is 0 Å². The number of carbonyl (C=O) groups excluding carboxylic acids is 1. The van der Waals surface area contributed by atoms with E-state index in [9.17, 15) is 4.79 Å². The molecule has 1 amide bonds. The van der Waals surface area contributed by atoms with Crippen LogP contribution < -0.4 is 5.73 Å². The molecule has 0 bridgehead atoms. The molecule has 0 aromatic rings. The Morgan fingerprint density at radius 1 is 1.33 bits per heavy atom. The highest BCUT2D eigenvalue weighted by atomic mass is 16.2. The van der Waals surface area contributed by atoms with Crippen LogP contribution in [0.1, 0.15) is 39.5 Å². The van der Waals surface area contributed by atoms with Gasteiger partial charge in [0.2, 0.25) is 5.91 Å². The summed E-state index contributed by atoms with van der Waals surface area (Å²) in [6, 6.07) is 0.593. The Hall–Kier alpha value is -0.610. The van der Waals surface area contributed by atoms with Crippen molar-refractivity contribution in [1.29, 1.82) is 0 Å². The van der Waals surface area contributed by atoms with Crippen molar-refractivity contribution in [2.45, 2.75) is 45.6 Å². The second kappa shape index (κ2) is 5.57. The fourth-order valence-electron chi connectivity index (χ4n) is 3.16. The molecule has 2 rings (SSSR count). The zero-order valence-corrected chi connectivity index (χ0v) is 11.8. The van der Waals surface area contributed by atoms with E-state index in [1.54, 1.807) is 0 Å². The highest BCUT2D eigenvalue weighted by Gasteiger charge is 2.37. The van der Waals surface area contributed by atoms with E-state index in [-0.39, 0.29) is 11.3 Å². The van der Waals surface area contributed by atoms with Crippen LogP contribution >= 0.6 is 0 Å². The van der Waals surface area contributed by atoms with Crippen LogP contribution in [-0.4, -0.2) is 54.5 Å². The Balaban J connectivity index is 2.05. The fourth-order valence-corrected chi connectivity index (χ4v) is 3.16. The van der Waals surface area contributed by atoms with E-state index in [1.165, 1.54) is 19.4 Å². The molecule has 0 aliphatic carbocycles. The fraction of sp³-hybridized carbons (Fsp3) is 0.929. The zero-order chi connectivity index (χ0) is 13.2. The lowest BCUT2D eigenvalue weighted by Crippen LogP contribution is -2.48. The third-order valence-corrected chi connectivity index (χ3v) is 4.84. The number of nitrogens with zero attached hydrogens (tertiary/aromatic N) is 2. The zero-order valence-electron chi connectivity index (χ0n) is 11.8. The molecule has 2 aliphatic rings. The maximum Gasteiger partial charge on any atom is 0.229 e. The van der Waals surface area contributed by atoms with Gasteiger partial charge in [-0.05, 0) is 39.2 Å². The van der Waals surface area contributed by atoms with Crippen LogP contribution in [0.25, 0.3) is 0 Å². The molecule has 2 N–H and O–H groups in total. The van der Waals surface area contributed by atoms with Gasteiger partial charge >= 0.3 is 0 Å². The Morgan fingerprint density at radius 3 is 2.72 bits per heavy atom. The average molecular weight is 253 g/mol. The number of fused-ring (bicyclic) bond motifs is 1. The van der Waals surface area contributed by atoms with Crippen LogP contribution in [0.3, 0.4) is 0 Å². The standard InChI is InChI=1S/C14H27N3O/c1-3-14(2,11-15)13(18)17-9-5-8-16-7-4-6-12(16)10-17/h12H,3-11,15H2,1-2H3. The van der Waals surface area contributed by atoms with Crippen molar-refractivity contribution in [2.24, 2.45) is 11.1 Å². The number of hydrogen-bond donors (Lipinski definition) is 1. The van der Waals surface area contributed by atoms with Crippen LogP contribution in [-0.2, 0) is 4.79 Å².